The number of hydrogen-bond acceptors (Lipinski definition) is 9. The average molecular weight is 477 g/mol. The summed E-state index contributed by atoms with van der Waals surface area (Å²) in [6.45, 7) is 1.65. The quantitative estimate of drug-likeness (QED) is 0.259. The van der Waals surface area contributed by atoms with E-state index in [0.717, 1.165) is 12.1 Å². The Morgan fingerprint density at radius 3 is 2.40 bits per heavy atom. The fraction of sp³-hybridized carbons (Fsp3) is 0.320. The van der Waals surface area contributed by atoms with Crippen LogP contribution in [0.5, 0.6) is 0 Å². The Hall–Kier alpha value is -3.57. The molecule has 1 saturated heterocycles. The molecule has 0 bridgehead atoms. The van der Waals surface area contributed by atoms with Crippen LogP contribution in [-0.4, -0.2) is 65.8 Å². The summed E-state index contributed by atoms with van der Waals surface area (Å²) in [5.41, 5.74) is 2.93. The van der Waals surface area contributed by atoms with Crippen LogP contribution in [0.25, 0.3) is 11.2 Å². The zero-order valence-electron chi connectivity index (χ0n) is 19.2. The van der Waals surface area contributed by atoms with Gasteiger partial charge in [0.25, 0.3) is 0 Å². The standard InChI is InChI=1S/C25H28N6O4/c1-15(12-16-8-4-2-5-9-16)27-22-19-23(30-25(29-22)28-17-10-6-3-7-11-17)31(14-26-19)24-21(34)20(33)18(13-32)35-24/h2-11,14-15,18,20-21,24,32-34H,12-13H2,1H3,(H2,27,28,29,30)/t15?,18-,20-,21-,24?/m1/s1. The van der Waals surface area contributed by atoms with Crippen LogP contribution in [0.4, 0.5) is 17.5 Å². The van der Waals surface area contributed by atoms with Gasteiger partial charge in [0.15, 0.2) is 23.2 Å². The van der Waals surface area contributed by atoms with Crippen LogP contribution in [0.15, 0.2) is 67.0 Å². The van der Waals surface area contributed by atoms with Crippen LogP contribution in [0, 0.1) is 0 Å². The minimum absolute atomic E-state index is 0.0409. The molecule has 0 spiro atoms. The van der Waals surface area contributed by atoms with E-state index in [0.29, 0.717) is 22.9 Å². The third-order valence-corrected chi connectivity index (χ3v) is 6.01. The van der Waals surface area contributed by atoms with Gasteiger partial charge in [0.05, 0.1) is 12.9 Å². The minimum atomic E-state index is -1.25. The highest BCUT2D eigenvalue weighted by Crippen LogP contribution is 2.33. The molecule has 2 aromatic heterocycles. The topological polar surface area (TPSA) is 138 Å². The van der Waals surface area contributed by atoms with E-state index in [1.165, 1.54) is 11.9 Å². The maximum Gasteiger partial charge on any atom is 0.231 e. The van der Waals surface area contributed by atoms with E-state index >= 15 is 0 Å². The van der Waals surface area contributed by atoms with Gasteiger partial charge in [0, 0.05) is 11.7 Å². The lowest BCUT2D eigenvalue weighted by Gasteiger charge is -2.18. The van der Waals surface area contributed by atoms with E-state index in [2.05, 4.69) is 44.6 Å². The van der Waals surface area contributed by atoms with Gasteiger partial charge in [-0.05, 0) is 31.0 Å². The van der Waals surface area contributed by atoms with Crippen molar-refractivity contribution >= 4 is 28.6 Å². The number of para-hydroxylation sites is 1. The minimum Gasteiger partial charge on any atom is -0.394 e. The Morgan fingerprint density at radius 1 is 1.00 bits per heavy atom. The highest BCUT2D eigenvalue weighted by molar-refractivity contribution is 5.85. The summed E-state index contributed by atoms with van der Waals surface area (Å²) in [7, 11) is 0. The van der Waals surface area contributed by atoms with Crippen molar-refractivity contribution in [3.8, 4) is 0 Å². The van der Waals surface area contributed by atoms with Gasteiger partial charge in [-0.15, -0.1) is 0 Å². The number of fused-ring (bicyclic) bond motifs is 1. The van der Waals surface area contributed by atoms with E-state index in [-0.39, 0.29) is 6.04 Å². The number of aliphatic hydroxyl groups is 3. The molecule has 1 aliphatic rings. The molecule has 1 fully saturated rings. The number of hydrogen-bond donors (Lipinski definition) is 5. The Balaban J connectivity index is 1.51. The summed E-state index contributed by atoms with van der Waals surface area (Å²) in [5.74, 6) is 0.869. The van der Waals surface area contributed by atoms with Crippen molar-refractivity contribution in [2.75, 3.05) is 17.2 Å². The first-order valence-electron chi connectivity index (χ1n) is 11.5. The number of rotatable bonds is 8. The zero-order valence-corrected chi connectivity index (χ0v) is 19.2. The van der Waals surface area contributed by atoms with Gasteiger partial charge in [0.1, 0.15) is 18.3 Å². The lowest BCUT2D eigenvalue weighted by Crippen LogP contribution is -2.33. The van der Waals surface area contributed by atoms with Gasteiger partial charge < -0.3 is 30.7 Å². The lowest BCUT2D eigenvalue weighted by molar-refractivity contribution is -0.0511. The van der Waals surface area contributed by atoms with Crippen molar-refractivity contribution in [2.45, 2.75) is 43.9 Å². The van der Waals surface area contributed by atoms with Crippen LogP contribution in [0.3, 0.4) is 0 Å². The van der Waals surface area contributed by atoms with E-state index < -0.39 is 31.1 Å². The molecular weight excluding hydrogens is 448 g/mol. The van der Waals surface area contributed by atoms with Crippen LogP contribution < -0.4 is 10.6 Å². The maximum absolute atomic E-state index is 10.6. The van der Waals surface area contributed by atoms with Gasteiger partial charge in [-0.25, -0.2) is 4.98 Å². The third-order valence-electron chi connectivity index (χ3n) is 6.01. The normalized spacial score (nSPS) is 22.9. The van der Waals surface area contributed by atoms with Crippen LogP contribution in [0.1, 0.15) is 18.7 Å². The molecule has 5 rings (SSSR count). The number of nitrogens with zero attached hydrogens (tertiary/aromatic N) is 4. The van der Waals surface area contributed by atoms with E-state index in [1.54, 1.807) is 4.57 Å². The first-order chi connectivity index (χ1) is 17.0. The molecule has 0 saturated carbocycles. The summed E-state index contributed by atoms with van der Waals surface area (Å²) in [6.07, 6.45) is -2.06. The molecule has 35 heavy (non-hydrogen) atoms. The number of anilines is 3. The predicted octanol–water partition coefficient (Wildman–Crippen LogP) is 2.22. The summed E-state index contributed by atoms with van der Waals surface area (Å²) >= 11 is 0. The molecule has 2 unspecified atom stereocenters. The Bertz CT molecular complexity index is 1270. The van der Waals surface area contributed by atoms with Gasteiger partial charge >= 0.3 is 0 Å². The number of aromatic nitrogens is 4. The summed E-state index contributed by atoms with van der Waals surface area (Å²) in [4.78, 5) is 13.8. The molecule has 2 aromatic carbocycles. The summed E-state index contributed by atoms with van der Waals surface area (Å²) < 4.78 is 7.28. The van der Waals surface area contributed by atoms with Crippen molar-refractivity contribution in [1.82, 2.24) is 19.5 Å². The van der Waals surface area contributed by atoms with Crippen molar-refractivity contribution in [1.29, 1.82) is 0 Å². The second-order valence-electron chi connectivity index (χ2n) is 8.67. The van der Waals surface area contributed by atoms with Crippen molar-refractivity contribution in [3.05, 3.63) is 72.6 Å². The molecule has 0 aliphatic carbocycles. The average Bonchev–Trinajstić information content (AvgIpc) is 3.41. The molecule has 10 heteroatoms. The zero-order chi connectivity index (χ0) is 24.4. The lowest BCUT2D eigenvalue weighted by atomic mass is 10.1. The molecule has 182 valence electrons. The van der Waals surface area contributed by atoms with E-state index in [9.17, 15) is 15.3 Å². The fourth-order valence-corrected chi connectivity index (χ4v) is 4.27. The van der Waals surface area contributed by atoms with Gasteiger partial charge in [0.2, 0.25) is 5.95 Å². The Kier molecular flexibility index (Phi) is 6.60. The molecule has 0 radical (unpaired) electrons. The van der Waals surface area contributed by atoms with Gasteiger partial charge in [-0.2, -0.15) is 9.97 Å². The number of aliphatic hydroxyl groups excluding tert-OH is 3. The van der Waals surface area contributed by atoms with Crippen LogP contribution in [0.2, 0.25) is 0 Å². The second kappa shape index (κ2) is 9.96. The first-order valence-corrected chi connectivity index (χ1v) is 11.5. The molecule has 5 atom stereocenters. The molecular formula is C25H28N6O4. The summed E-state index contributed by atoms with van der Waals surface area (Å²) in [6, 6.07) is 19.7. The largest absolute Gasteiger partial charge is 0.394 e. The maximum atomic E-state index is 10.6. The smallest absolute Gasteiger partial charge is 0.231 e. The SMILES string of the molecule is CC(Cc1ccccc1)Nc1nc(Nc2ccccc2)nc2c1ncn2C1O[C@H](CO)[C@@H](O)[C@H]1O. The van der Waals surface area contributed by atoms with Crippen molar-refractivity contribution in [3.63, 3.8) is 0 Å². The fourth-order valence-electron chi connectivity index (χ4n) is 4.27. The molecule has 10 nitrogen and oxygen atoms in total. The van der Waals surface area contributed by atoms with Crippen LogP contribution >= 0.6 is 0 Å². The summed E-state index contributed by atoms with van der Waals surface area (Å²) in [5, 5.41) is 36.9. The molecule has 0 amide bonds. The van der Waals surface area contributed by atoms with Crippen molar-refractivity contribution < 1.29 is 20.1 Å². The molecule has 4 aromatic rings. The Labute approximate surface area is 202 Å². The number of imidazole rings is 1. The first kappa shape index (κ1) is 23.2. The molecule has 3 heterocycles. The molecule has 1 aliphatic heterocycles. The van der Waals surface area contributed by atoms with E-state index in [4.69, 9.17) is 4.74 Å². The second-order valence-corrected chi connectivity index (χ2v) is 8.67. The number of ether oxygens (including phenoxy) is 1. The third kappa shape index (κ3) is 4.82. The number of nitrogens with one attached hydrogen (secondary N) is 2. The van der Waals surface area contributed by atoms with Gasteiger partial charge in [-0.3, -0.25) is 4.57 Å². The van der Waals surface area contributed by atoms with Crippen molar-refractivity contribution in [2.24, 2.45) is 0 Å². The van der Waals surface area contributed by atoms with Crippen LogP contribution in [-0.2, 0) is 11.2 Å². The highest BCUT2D eigenvalue weighted by atomic mass is 16.6. The Morgan fingerprint density at radius 2 is 1.71 bits per heavy atom. The highest BCUT2D eigenvalue weighted by Gasteiger charge is 2.44. The predicted molar refractivity (Wildman–Crippen MR) is 131 cm³/mol. The number of benzene rings is 2. The van der Waals surface area contributed by atoms with Gasteiger partial charge in [-0.1, -0.05) is 48.5 Å². The monoisotopic (exact) mass is 476 g/mol. The molecule has 5 N–H and O–H groups in total. The van der Waals surface area contributed by atoms with E-state index in [1.807, 2.05) is 48.5 Å².